The zero-order chi connectivity index (χ0) is 7.56. The first kappa shape index (κ1) is 7.95. The minimum Gasteiger partial charge on any atom is -0.337 e. The molecular weight excluding hydrogens is 168 g/mol. The molecule has 1 aromatic rings. The number of hydrogen-bond acceptors (Lipinski definition) is 2. The number of aromatic nitrogens is 2. The standard InChI is InChI=1S/C6H9ClN2S/c1-4-5(3-7)9-6(8-4)10-2/h3H2,1-2H3,(H,8,9). The van der Waals surface area contributed by atoms with E-state index in [0.717, 1.165) is 16.5 Å². The number of nitrogens with one attached hydrogen (secondary N) is 1. The van der Waals surface area contributed by atoms with Crippen LogP contribution in [0.4, 0.5) is 0 Å². The molecule has 0 aliphatic rings. The van der Waals surface area contributed by atoms with Gasteiger partial charge in [-0.25, -0.2) is 4.98 Å². The number of alkyl halides is 1. The van der Waals surface area contributed by atoms with E-state index in [1.165, 1.54) is 0 Å². The van der Waals surface area contributed by atoms with Gasteiger partial charge in [0.05, 0.1) is 11.6 Å². The van der Waals surface area contributed by atoms with Crippen LogP contribution in [0.3, 0.4) is 0 Å². The van der Waals surface area contributed by atoms with E-state index in [1.807, 2.05) is 13.2 Å². The minimum atomic E-state index is 0.489. The smallest absolute Gasteiger partial charge is 0.165 e. The minimum absolute atomic E-state index is 0.489. The van der Waals surface area contributed by atoms with Crippen molar-refractivity contribution in [3.05, 3.63) is 11.4 Å². The second-order valence-corrected chi connectivity index (χ2v) is 3.01. The summed E-state index contributed by atoms with van der Waals surface area (Å²) >= 11 is 7.20. The van der Waals surface area contributed by atoms with Gasteiger partial charge in [-0.15, -0.1) is 11.6 Å². The number of halogens is 1. The molecule has 1 aromatic heterocycles. The number of H-pyrrole nitrogens is 1. The number of nitrogens with zero attached hydrogens (tertiary/aromatic N) is 1. The number of hydrogen-bond donors (Lipinski definition) is 1. The molecule has 1 rings (SSSR count). The molecule has 0 saturated heterocycles. The van der Waals surface area contributed by atoms with E-state index in [1.54, 1.807) is 11.8 Å². The quantitative estimate of drug-likeness (QED) is 0.553. The van der Waals surface area contributed by atoms with E-state index in [-0.39, 0.29) is 0 Å². The second kappa shape index (κ2) is 3.30. The Morgan fingerprint density at radius 3 is 2.70 bits per heavy atom. The van der Waals surface area contributed by atoms with Crippen molar-refractivity contribution < 1.29 is 0 Å². The third-order valence-electron chi connectivity index (χ3n) is 1.28. The van der Waals surface area contributed by atoms with Crippen LogP contribution < -0.4 is 0 Å². The number of imidazole rings is 1. The maximum Gasteiger partial charge on any atom is 0.165 e. The first-order valence-corrected chi connectivity index (χ1v) is 4.69. The number of rotatable bonds is 2. The van der Waals surface area contributed by atoms with Crippen LogP contribution in [0.5, 0.6) is 0 Å². The second-order valence-electron chi connectivity index (χ2n) is 1.95. The highest BCUT2D eigenvalue weighted by Gasteiger charge is 2.02. The van der Waals surface area contributed by atoms with E-state index in [0.29, 0.717) is 5.88 Å². The van der Waals surface area contributed by atoms with Crippen LogP contribution in [0.2, 0.25) is 0 Å². The zero-order valence-electron chi connectivity index (χ0n) is 5.94. The largest absolute Gasteiger partial charge is 0.337 e. The summed E-state index contributed by atoms with van der Waals surface area (Å²) in [6.45, 7) is 1.98. The van der Waals surface area contributed by atoms with Gasteiger partial charge in [-0.3, -0.25) is 0 Å². The van der Waals surface area contributed by atoms with Crippen LogP contribution in [0, 0.1) is 6.92 Å². The molecule has 0 saturated carbocycles. The molecule has 0 bridgehead atoms. The summed E-state index contributed by atoms with van der Waals surface area (Å²) in [5.41, 5.74) is 2.02. The predicted octanol–water partition coefficient (Wildman–Crippen LogP) is 2.18. The molecule has 0 aromatic carbocycles. The van der Waals surface area contributed by atoms with Crippen LogP contribution in [-0.2, 0) is 5.88 Å². The van der Waals surface area contributed by atoms with Gasteiger partial charge in [0, 0.05) is 5.69 Å². The lowest BCUT2D eigenvalue weighted by Gasteiger charge is -1.84. The van der Waals surface area contributed by atoms with Crippen LogP contribution in [0.25, 0.3) is 0 Å². The Balaban J connectivity index is 2.92. The SMILES string of the molecule is CSc1nc(CCl)c(C)[nH]1. The van der Waals surface area contributed by atoms with Crippen molar-refractivity contribution in [3.63, 3.8) is 0 Å². The molecule has 2 nitrogen and oxygen atoms in total. The maximum absolute atomic E-state index is 5.61. The van der Waals surface area contributed by atoms with Gasteiger partial charge in [-0.1, -0.05) is 11.8 Å². The fourth-order valence-electron chi connectivity index (χ4n) is 0.694. The van der Waals surface area contributed by atoms with Gasteiger partial charge in [-0.05, 0) is 13.2 Å². The van der Waals surface area contributed by atoms with Crippen molar-refractivity contribution in [1.29, 1.82) is 0 Å². The van der Waals surface area contributed by atoms with E-state index >= 15 is 0 Å². The summed E-state index contributed by atoms with van der Waals surface area (Å²) < 4.78 is 0. The van der Waals surface area contributed by atoms with E-state index in [9.17, 15) is 0 Å². The predicted molar refractivity (Wildman–Crippen MR) is 44.7 cm³/mol. The first-order valence-electron chi connectivity index (χ1n) is 2.93. The van der Waals surface area contributed by atoms with Crippen molar-refractivity contribution in [1.82, 2.24) is 9.97 Å². The molecule has 0 unspecified atom stereocenters. The lowest BCUT2D eigenvalue weighted by Crippen LogP contribution is -1.79. The monoisotopic (exact) mass is 176 g/mol. The Bertz CT molecular complexity index is 222. The molecule has 0 fully saturated rings. The van der Waals surface area contributed by atoms with Crippen molar-refractivity contribution in [2.75, 3.05) is 6.26 Å². The van der Waals surface area contributed by atoms with Gasteiger partial charge in [0.15, 0.2) is 5.16 Å². The van der Waals surface area contributed by atoms with Crippen molar-refractivity contribution >= 4 is 23.4 Å². The number of thioether (sulfide) groups is 1. The molecule has 56 valence electrons. The molecule has 1 N–H and O–H groups in total. The van der Waals surface area contributed by atoms with E-state index < -0.39 is 0 Å². The van der Waals surface area contributed by atoms with E-state index in [2.05, 4.69) is 9.97 Å². The van der Waals surface area contributed by atoms with Gasteiger partial charge in [-0.2, -0.15) is 0 Å². The zero-order valence-corrected chi connectivity index (χ0v) is 7.51. The topological polar surface area (TPSA) is 28.7 Å². The van der Waals surface area contributed by atoms with Crippen LogP contribution in [-0.4, -0.2) is 16.2 Å². The Kier molecular flexibility index (Phi) is 2.63. The summed E-state index contributed by atoms with van der Waals surface area (Å²) in [5, 5.41) is 0.938. The third kappa shape index (κ3) is 1.47. The van der Waals surface area contributed by atoms with Gasteiger partial charge < -0.3 is 4.98 Å². The Hall–Kier alpha value is -0.150. The average molecular weight is 177 g/mol. The molecule has 4 heteroatoms. The molecular formula is C6H9ClN2S. The van der Waals surface area contributed by atoms with Crippen molar-refractivity contribution in [3.8, 4) is 0 Å². The highest BCUT2D eigenvalue weighted by Crippen LogP contribution is 2.14. The Labute approximate surface area is 69.4 Å². The first-order chi connectivity index (χ1) is 4.77. The molecule has 0 aliphatic carbocycles. The highest BCUT2D eigenvalue weighted by molar-refractivity contribution is 7.98. The fourth-order valence-corrected chi connectivity index (χ4v) is 1.41. The van der Waals surface area contributed by atoms with Crippen molar-refractivity contribution in [2.24, 2.45) is 0 Å². The number of aryl methyl sites for hydroxylation is 1. The number of aromatic amines is 1. The summed E-state index contributed by atoms with van der Waals surface area (Å²) in [6.07, 6.45) is 1.98. The lowest BCUT2D eigenvalue weighted by atomic mass is 10.4. The lowest BCUT2D eigenvalue weighted by molar-refractivity contribution is 1.03. The maximum atomic E-state index is 5.61. The molecule has 0 radical (unpaired) electrons. The highest BCUT2D eigenvalue weighted by atomic mass is 35.5. The third-order valence-corrected chi connectivity index (χ3v) is 2.12. The molecule has 0 aliphatic heterocycles. The Morgan fingerprint density at radius 2 is 2.40 bits per heavy atom. The van der Waals surface area contributed by atoms with Crippen LogP contribution in [0.15, 0.2) is 5.16 Å². The molecule has 0 amide bonds. The molecule has 0 spiro atoms. The van der Waals surface area contributed by atoms with Crippen molar-refractivity contribution in [2.45, 2.75) is 18.0 Å². The van der Waals surface area contributed by atoms with Gasteiger partial charge in [0.1, 0.15) is 0 Å². The molecule has 1 heterocycles. The van der Waals surface area contributed by atoms with E-state index in [4.69, 9.17) is 11.6 Å². The Morgan fingerprint density at radius 1 is 1.70 bits per heavy atom. The average Bonchev–Trinajstić information content (AvgIpc) is 2.30. The summed E-state index contributed by atoms with van der Waals surface area (Å²) in [4.78, 5) is 7.33. The van der Waals surface area contributed by atoms with Crippen LogP contribution >= 0.6 is 23.4 Å². The normalized spacial score (nSPS) is 10.3. The van der Waals surface area contributed by atoms with Gasteiger partial charge >= 0.3 is 0 Å². The van der Waals surface area contributed by atoms with Gasteiger partial charge in [0.25, 0.3) is 0 Å². The van der Waals surface area contributed by atoms with Gasteiger partial charge in [0.2, 0.25) is 0 Å². The molecule has 10 heavy (non-hydrogen) atoms. The fraction of sp³-hybridized carbons (Fsp3) is 0.500. The summed E-state index contributed by atoms with van der Waals surface area (Å²) in [7, 11) is 0. The molecule has 0 atom stereocenters. The van der Waals surface area contributed by atoms with Crippen LogP contribution in [0.1, 0.15) is 11.4 Å². The summed E-state index contributed by atoms with van der Waals surface area (Å²) in [5.74, 6) is 0.489. The summed E-state index contributed by atoms with van der Waals surface area (Å²) in [6, 6.07) is 0.